The zero-order valence-electron chi connectivity index (χ0n) is 10.0. The van der Waals surface area contributed by atoms with Crippen LogP contribution < -0.4 is 0 Å². The smallest absolute Gasteiger partial charge is 0.0111 e. The fourth-order valence-electron chi connectivity index (χ4n) is 2.05. The molecule has 0 heteroatoms. The largest absolute Gasteiger partial charge is 0.0701 e. The Hall–Kier alpha value is -1.56. The predicted octanol–water partition coefficient (Wildman–Crippen LogP) is 5.04. The van der Waals surface area contributed by atoms with Crippen LogP contribution in [-0.2, 0) is 0 Å². The van der Waals surface area contributed by atoms with E-state index in [1.54, 1.807) is 0 Å². The van der Waals surface area contributed by atoms with Crippen molar-refractivity contribution in [2.24, 2.45) is 0 Å². The molecule has 0 aromatic heterocycles. The van der Waals surface area contributed by atoms with Crippen LogP contribution in [0.15, 0.2) is 48.0 Å². The lowest BCUT2D eigenvalue weighted by atomic mass is 10.0. The summed E-state index contributed by atoms with van der Waals surface area (Å²) < 4.78 is 0. The summed E-state index contributed by atoms with van der Waals surface area (Å²) in [4.78, 5) is 0. The maximum atomic E-state index is 2.34. The van der Waals surface area contributed by atoms with E-state index in [1.807, 2.05) is 0 Å². The summed E-state index contributed by atoms with van der Waals surface area (Å²) in [6.07, 6.45) is 4.61. The van der Waals surface area contributed by atoms with Crippen molar-refractivity contribution in [3.05, 3.63) is 53.6 Å². The number of benzene rings is 2. The zero-order chi connectivity index (χ0) is 11.4. The van der Waals surface area contributed by atoms with Gasteiger partial charge in [-0.25, -0.2) is 0 Å². The third kappa shape index (κ3) is 2.16. The molecule has 0 fully saturated rings. The van der Waals surface area contributed by atoms with Crippen molar-refractivity contribution in [3.63, 3.8) is 0 Å². The van der Waals surface area contributed by atoms with Crippen molar-refractivity contribution in [2.45, 2.75) is 26.7 Å². The first-order chi connectivity index (χ1) is 7.85. The molecule has 0 atom stereocenters. The van der Waals surface area contributed by atoms with Crippen LogP contribution in [-0.4, -0.2) is 0 Å². The topological polar surface area (TPSA) is 0 Å². The number of rotatable bonds is 3. The van der Waals surface area contributed by atoms with Crippen LogP contribution in [0, 0.1) is 0 Å². The second kappa shape index (κ2) is 4.98. The molecule has 0 aliphatic heterocycles. The standard InChI is InChI=1S/C16H18/c1-3-13(4-2)12-15-10-7-9-14-8-5-6-11-16(14)15/h5-12H,3-4H2,1-2H3. The van der Waals surface area contributed by atoms with E-state index in [-0.39, 0.29) is 0 Å². The van der Waals surface area contributed by atoms with Crippen LogP contribution in [0.5, 0.6) is 0 Å². The summed E-state index contributed by atoms with van der Waals surface area (Å²) >= 11 is 0. The molecule has 0 bridgehead atoms. The van der Waals surface area contributed by atoms with Gasteiger partial charge in [-0.1, -0.05) is 68.0 Å². The first-order valence-corrected chi connectivity index (χ1v) is 6.02. The molecule has 0 amide bonds. The van der Waals surface area contributed by atoms with Crippen molar-refractivity contribution >= 4 is 16.8 Å². The van der Waals surface area contributed by atoms with Gasteiger partial charge in [0.2, 0.25) is 0 Å². The highest BCUT2D eigenvalue weighted by molar-refractivity contribution is 5.90. The van der Waals surface area contributed by atoms with E-state index in [0.717, 1.165) is 12.8 Å². The average molecular weight is 210 g/mol. The number of fused-ring (bicyclic) bond motifs is 1. The summed E-state index contributed by atoms with van der Waals surface area (Å²) in [6.45, 7) is 4.45. The van der Waals surface area contributed by atoms with Crippen LogP contribution in [0.3, 0.4) is 0 Å². The Balaban J connectivity index is 2.56. The van der Waals surface area contributed by atoms with Gasteiger partial charge in [0.05, 0.1) is 0 Å². The summed E-state index contributed by atoms with van der Waals surface area (Å²) in [6, 6.07) is 15.1. The van der Waals surface area contributed by atoms with Gasteiger partial charge in [-0.15, -0.1) is 0 Å². The first kappa shape index (κ1) is 10.9. The zero-order valence-corrected chi connectivity index (χ0v) is 10.0. The second-order valence-electron chi connectivity index (χ2n) is 4.08. The average Bonchev–Trinajstić information content (AvgIpc) is 2.36. The molecule has 16 heavy (non-hydrogen) atoms. The fraction of sp³-hybridized carbons (Fsp3) is 0.250. The maximum absolute atomic E-state index is 2.34. The van der Waals surface area contributed by atoms with Crippen LogP contribution in [0.4, 0.5) is 0 Å². The number of hydrogen-bond acceptors (Lipinski definition) is 0. The molecular weight excluding hydrogens is 192 g/mol. The van der Waals surface area contributed by atoms with Crippen molar-refractivity contribution in [1.82, 2.24) is 0 Å². The molecule has 0 saturated heterocycles. The molecule has 2 rings (SSSR count). The van der Waals surface area contributed by atoms with Crippen LogP contribution in [0.2, 0.25) is 0 Å². The van der Waals surface area contributed by atoms with E-state index < -0.39 is 0 Å². The summed E-state index contributed by atoms with van der Waals surface area (Å²) in [5.74, 6) is 0. The highest BCUT2D eigenvalue weighted by atomic mass is 14.0. The minimum atomic E-state index is 1.14. The van der Waals surface area contributed by atoms with E-state index in [2.05, 4.69) is 62.4 Å². The summed E-state index contributed by atoms with van der Waals surface area (Å²) in [5.41, 5.74) is 2.85. The van der Waals surface area contributed by atoms with Gasteiger partial charge in [-0.2, -0.15) is 0 Å². The number of allylic oxidation sites excluding steroid dienone is 1. The molecule has 0 nitrogen and oxygen atoms in total. The minimum Gasteiger partial charge on any atom is -0.0701 e. The van der Waals surface area contributed by atoms with Crippen molar-refractivity contribution in [1.29, 1.82) is 0 Å². The van der Waals surface area contributed by atoms with Gasteiger partial charge in [-0.05, 0) is 29.2 Å². The van der Waals surface area contributed by atoms with Gasteiger partial charge < -0.3 is 0 Å². The van der Waals surface area contributed by atoms with Crippen molar-refractivity contribution in [2.75, 3.05) is 0 Å². The second-order valence-corrected chi connectivity index (χ2v) is 4.08. The van der Waals surface area contributed by atoms with Crippen molar-refractivity contribution < 1.29 is 0 Å². The van der Waals surface area contributed by atoms with E-state index in [9.17, 15) is 0 Å². The van der Waals surface area contributed by atoms with E-state index in [1.165, 1.54) is 21.9 Å². The lowest BCUT2D eigenvalue weighted by molar-refractivity contribution is 0.990. The Morgan fingerprint density at radius 2 is 1.62 bits per heavy atom. The highest BCUT2D eigenvalue weighted by Gasteiger charge is 1.98. The Labute approximate surface area is 97.6 Å². The van der Waals surface area contributed by atoms with Gasteiger partial charge in [-0.3, -0.25) is 0 Å². The van der Waals surface area contributed by atoms with Gasteiger partial charge in [0.1, 0.15) is 0 Å². The Morgan fingerprint density at radius 1 is 0.938 bits per heavy atom. The van der Waals surface area contributed by atoms with Crippen molar-refractivity contribution in [3.8, 4) is 0 Å². The van der Waals surface area contributed by atoms with Crippen LogP contribution in [0.25, 0.3) is 16.8 Å². The Morgan fingerprint density at radius 3 is 2.38 bits per heavy atom. The third-order valence-corrected chi connectivity index (χ3v) is 3.09. The molecule has 2 aromatic rings. The Kier molecular flexibility index (Phi) is 3.40. The Bertz CT molecular complexity index is 495. The van der Waals surface area contributed by atoms with Gasteiger partial charge in [0.25, 0.3) is 0 Å². The molecule has 0 aliphatic rings. The first-order valence-electron chi connectivity index (χ1n) is 6.02. The normalized spacial score (nSPS) is 10.4. The fourth-order valence-corrected chi connectivity index (χ4v) is 2.05. The molecule has 0 spiro atoms. The predicted molar refractivity (Wildman–Crippen MR) is 72.5 cm³/mol. The summed E-state index contributed by atoms with van der Waals surface area (Å²) in [7, 11) is 0. The van der Waals surface area contributed by atoms with E-state index in [4.69, 9.17) is 0 Å². The maximum Gasteiger partial charge on any atom is -0.0111 e. The minimum absolute atomic E-state index is 1.14. The molecule has 0 N–H and O–H groups in total. The monoisotopic (exact) mass is 210 g/mol. The molecule has 0 radical (unpaired) electrons. The van der Waals surface area contributed by atoms with Gasteiger partial charge in [0.15, 0.2) is 0 Å². The molecule has 0 unspecified atom stereocenters. The molecule has 82 valence electrons. The number of hydrogen-bond donors (Lipinski definition) is 0. The van der Waals surface area contributed by atoms with Gasteiger partial charge in [0, 0.05) is 0 Å². The summed E-state index contributed by atoms with van der Waals surface area (Å²) in [5, 5.41) is 2.67. The molecular formula is C16H18. The van der Waals surface area contributed by atoms with E-state index >= 15 is 0 Å². The van der Waals surface area contributed by atoms with Crippen LogP contribution >= 0.6 is 0 Å². The lowest BCUT2D eigenvalue weighted by Crippen LogP contribution is -1.81. The lowest BCUT2D eigenvalue weighted by Gasteiger charge is -2.04. The van der Waals surface area contributed by atoms with Crippen LogP contribution in [0.1, 0.15) is 32.3 Å². The van der Waals surface area contributed by atoms with Gasteiger partial charge >= 0.3 is 0 Å². The quantitative estimate of drug-likeness (QED) is 0.665. The third-order valence-electron chi connectivity index (χ3n) is 3.09. The molecule has 0 aliphatic carbocycles. The highest BCUT2D eigenvalue weighted by Crippen LogP contribution is 2.22. The van der Waals surface area contributed by atoms with E-state index in [0.29, 0.717) is 0 Å². The molecule has 0 heterocycles. The molecule has 2 aromatic carbocycles. The SMILES string of the molecule is CCC(=Cc1cccc2ccccc12)CC. The molecule has 0 saturated carbocycles.